The number of hydrogen-bond acceptors (Lipinski definition) is 5. The fourth-order valence-corrected chi connectivity index (χ4v) is 4.52. The first-order chi connectivity index (χ1) is 14.0. The summed E-state index contributed by atoms with van der Waals surface area (Å²) in [5.74, 6) is 2.73. The SMILES string of the molecule is COc1ccc(CN2Cc3cc(C)ccc3OC3(CCN(C)CC3)C2)c(OC)c1. The molecule has 2 heterocycles. The smallest absolute Gasteiger partial charge is 0.127 e. The van der Waals surface area contributed by atoms with Crippen LogP contribution in [-0.4, -0.2) is 56.3 Å². The monoisotopic (exact) mass is 396 g/mol. The highest BCUT2D eigenvalue weighted by molar-refractivity contribution is 5.42. The van der Waals surface area contributed by atoms with Gasteiger partial charge >= 0.3 is 0 Å². The molecule has 2 aromatic carbocycles. The van der Waals surface area contributed by atoms with Crippen LogP contribution in [0.2, 0.25) is 0 Å². The second-order valence-corrected chi connectivity index (χ2v) is 8.52. The minimum atomic E-state index is -0.132. The highest BCUT2D eigenvalue weighted by Crippen LogP contribution is 2.37. The highest BCUT2D eigenvalue weighted by atomic mass is 16.5. The molecular weight excluding hydrogens is 364 g/mol. The van der Waals surface area contributed by atoms with Crippen LogP contribution in [0, 0.1) is 6.92 Å². The number of methoxy groups -OCH3 is 2. The molecule has 0 saturated carbocycles. The fraction of sp³-hybridized carbons (Fsp3) is 0.500. The molecule has 0 aromatic heterocycles. The summed E-state index contributed by atoms with van der Waals surface area (Å²) < 4.78 is 17.7. The minimum Gasteiger partial charge on any atom is -0.497 e. The van der Waals surface area contributed by atoms with Crippen molar-refractivity contribution in [1.82, 2.24) is 9.80 Å². The van der Waals surface area contributed by atoms with Crippen molar-refractivity contribution in [2.24, 2.45) is 0 Å². The Morgan fingerprint density at radius 1 is 1.03 bits per heavy atom. The molecule has 4 rings (SSSR count). The summed E-state index contributed by atoms with van der Waals surface area (Å²) in [6.07, 6.45) is 2.10. The van der Waals surface area contributed by atoms with Crippen LogP contribution in [-0.2, 0) is 13.1 Å². The van der Waals surface area contributed by atoms with E-state index < -0.39 is 0 Å². The summed E-state index contributed by atoms with van der Waals surface area (Å²) >= 11 is 0. The lowest BCUT2D eigenvalue weighted by Gasteiger charge is -2.42. The van der Waals surface area contributed by atoms with Crippen molar-refractivity contribution >= 4 is 0 Å². The van der Waals surface area contributed by atoms with Crippen LogP contribution < -0.4 is 14.2 Å². The molecule has 0 radical (unpaired) electrons. The maximum Gasteiger partial charge on any atom is 0.127 e. The standard InChI is InChI=1S/C24H32N2O3/c1-18-5-8-22-20(13-18)16-26(17-24(29-22)9-11-25(2)12-10-24)15-19-6-7-21(27-3)14-23(19)28-4/h5-8,13-14H,9-12,15-17H2,1-4H3. The third-order valence-electron chi connectivity index (χ3n) is 6.23. The van der Waals surface area contributed by atoms with Crippen LogP contribution in [0.5, 0.6) is 17.2 Å². The molecule has 2 aliphatic heterocycles. The average Bonchev–Trinajstić information content (AvgIpc) is 2.86. The van der Waals surface area contributed by atoms with E-state index in [1.165, 1.54) is 16.7 Å². The third-order valence-corrected chi connectivity index (χ3v) is 6.23. The molecule has 0 aliphatic carbocycles. The average molecular weight is 397 g/mol. The number of ether oxygens (including phenoxy) is 3. The van der Waals surface area contributed by atoms with Crippen molar-refractivity contribution in [3.05, 3.63) is 53.1 Å². The summed E-state index contributed by atoms with van der Waals surface area (Å²) in [5, 5.41) is 0. The number of benzene rings is 2. The largest absolute Gasteiger partial charge is 0.497 e. The number of likely N-dealkylation sites (tertiary alicyclic amines) is 1. The molecule has 1 saturated heterocycles. The van der Waals surface area contributed by atoms with Crippen molar-refractivity contribution in [2.75, 3.05) is 40.9 Å². The Morgan fingerprint density at radius 3 is 2.55 bits per heavy atom. The fourth-order valence-electron chi connectivity index (χ4n) is 4.52. The second-order valence-electron chi connectivity index (χ2n) is 8.52. The van der Waals surface area contributed by atoms with Crippen molar-refractivity contribution in [1.29, 1.82) is 0 Å². The first kappa shape index (κ1) is 20.0. The van der Waals surface area contributed by atoms with Crippen LogP contribution in [0.1, 0.15) is 29.5 Å². The minimum absolute atomic E-state index is 0.132. The van der Waals surface area contributed by atoms with Crippen LogP contribution >= 0.6 is 0 Å². The molecule has 0 amide bonds. The lowest BCUT2D eigenvalue weighted by atomic mass is 9.90. The van der Waals surface area contributed by atoms with E-state index in [1.807, 2.05) is 12.1 Å². The second kappa shape index (κ2) is 8.25. The zero-order valence-electron chi connectivity index (χ0n) is 18.0. The first-order valence-electron chi connectivity index (χ1n) is 10.4. The normalized spacial score (nSPS) is 19.3. The molecule has 0 bridgehead atoms. The molecule has 0 atom stereocenters. The van der Waals surface area contributed by atoms with Gasteiger partial charge in [-0.1, -0.05) is 23.8 Å². The van der Waals surface area contributed by atoms with Crippen molar-refractivity contribution in [3.63, 3.8) is 0 Å². The number of fused-ring (bicyclic) bond motifs is 1. The zero-order chi connectivity index (χ0) is 20.4. The van der Waals surface area contributed by atoms with Gasteiger partial charge in [-0.15, -0.1) is 0 Å². The quantitative estimate of drug-likeness (QED) is 0.784. The summed E-state index contributed by atoms with van der Waals surface area (Å²) in [7, 11) is 5.60. The van der Waals surface area contributed by atoms with Gasteiger partial charge in [0.15, 0.2) is 0 Å². The Labute approximate surface area is 174 Å². The molecule has 0 unspecified atom stereocenters. The van der Waals surface area contributed by atoms with Gasteiger partial charge in [0, 0.05) is 62.8 Å². The van der Waals surface area contributed by atoms with Gasteiger partial charge in [-0.3, -0.25) is 4.90 Å². The van der Waals surface area contributed by atoms with E-state index in [0.29, 0.717) is 0 Å². The zero-order valence-corrected chi connectivity index (χ0v) is 18.0. The van der Waals surface area contributed by atoms with Crippen LogP contribution in [0.3, 0.4) is 0 Å². The summed E-state index contributed by atoms with van der Waals surface area (Å²) in [6, 6.07) is 12.7. The lowest BCUT2D eigenvalue weighted by Crippen LogP contribution is -2.52. The van der Waals surface area contributed by atoms with Gasteiger partial charge in [-0.2, -0.15) is 0 Å². The van der Waals surface area contributed by atoms with E-state index in [4.69, 9.17) is 14.2 Å². The van der Waals surface area contributed by atoms with E-state index in [9.17, 15) is 0 Å². The van der Waals surface area contributed by atoms with Crippen molar-refractivity contribution in [3.8, 4) is 17.2 Å². The molecule has 156 valence electrons. The van der Waals surface area contributed by atoms with Crippen LogP contribution in [0.15, 0.2) is 36.4 Å². The van der Waals surface area contributed by atoms with Crippen LogP contribution in [0.25, 0.3) is 0 Å². The Balaban J connectivity index is 1.65. The third kappa shape index (κ3) is 4.36. The first-order valence-corrected chi connectivity index (χ1v) is 10.4. The molecule has 2 aromatic rings. The van der Waals surface area contributed by atoms with Gasteiger partial charge < -0.3 is 19.1 Å². The Morgan fingerprint density at radius 2 is 1.83 bits per heavy atom. The number of piperidine rings is 1. The molecule has 2 aliphatic rings. The Hall–Kier alpha value is -2.24. The highest BCUT2D eigenvalue weighted by Gasteiger charge is 2.40. The Kier molecular flexibility index (Phi) is 5.70. The van der Waals surface area contributed by atoms with Crippen molar-refractivity contribution < 1.29 is 14.2 Å². The predicted octanol–water partition coefficient (Wildman–Crippen LogP) is 3.87. The molecular formula is C24H32N2O3. The topological polar surface area (TPSA) is 34.2 Å². The maximum absolute atomic E-state index is 6.73. The molecule has 5 heteroatoms. The van der Waals surface area contributed by atoms with Crippen LogP contribution in [0.4, 0.5) is 0 Å². The van der Waals surface area contributed by atoms with Gasteiger partial charge in [0.1, 0.15) is 22.8 Å². The maximum atomic E-state index is 6.73. The van der Waals surface area contributed by atoms with E-state index in [-0.39, 0.29) is 5.60 Å². The predicted molar refractivity (Wildman–Crippen MR) is 115 cm³/mol. The van der Waals surface area contributed by atoms with E-state index in [2.05, 4.69) is 48.0 Å². The molecule has 0 N–H and O–H groups in total. The lowest BCUT2D eigenvalue weighted by molar-refractivity contribution is -0.0147. The summed E-state index contributed by atoms with van der Waals surface area (Å²) in [6.45, 7) is 6.91. The molecule has 1 fully saturated rings. The molecule has 29 heavy (non-hydrogen) atoms. The number of nitrogens with zero attached hydrogens (tertiary/aromatic N) is 2. The van der Waals surface area contributed by atoms with Crippen molar-refractivity contribution in [2.45, 2.75) is 38.5 Å². The van der Waals surface area contributed by atoms with Gasteiger partial charge in [0.05, 0.1) is 14.2 Å². The summed E-state index contributed by atoms with van der Waals surface area (Å²) in [4.78, 5) is 4.91. The van der Waals surface area contributed by atoms with Gasteiger partial charge in [0.25, 0.3) is 0 Å². The van der Waals surface area contributed by atoms with Gasteiger partial charge in [-0.25, -0.2) is 0 Å². The summed E-state index contributed by atoms with van der Waals surface area (Å²) in [5.41, 5.74) is 3.58. The molecule has 5 nitrogen and oxygen atoms in total. The number of hydrogen-bond donors (Lipinski definition) is 0. The van der Waals surface area contributed by atoms with E-state index in [1.54, 1.807) is 14.2 Å². The van der Waals surface area contributed by atoms with E-state index in [0.717, 1.165) is 62.8 Å². The number of aryl methyl sites for hydroxylation is 1. The van der Waals surface area contributed by atoms with Gasteiger partial charge in [0.2, 0.25) is 0 Å². The Bertz CT molecular complexity index is 859. The number of rotatable bonds is 4. The van der Waals surface area contributed by atoms with E-state index >= 15 is 0 Å². The van der Waals surface area contributed by atoms with Gasteiger partial charge in [-0.05, 0) is 26.1 Å². The molecule has 1 spiro atoms.